The molecule has 1 saturated heterocycles. The Morgan fingerprint density at radius 2 is 2.03 bits per heavy atom. The monoisotopic (exact) mass is 458 g/mol. The van der Waals surface area contributed by atoms with Gasteiger partial charge in [0.25, 0.3) is 0 Å². The average molecular weight is 459 g/mol. The number of hydrogen-bond donors (Lipinski definition) is 0. The number of aromatic nitrogens is 3. The first kappa shape index (κ1) is 22.7. The Kier molecular flexibility index (Phi) is 7.73. The number of ether oxygens (including phenoxy) is 2. The van der Waals surface area contributed by atoms with Crippen LogP contribution in [0.5, 0.6) is 5.88 Å². The fourth-order valence-corrected chi connectivity index (χ4v) is 4.16. The van der Waals surface area contributed by atoms with Crippen LogP contribution in [-0.4, -0.2) is 46.2 Å². The molecule has 2 aromatic heterocycles. The second-order valence-corrected chi connectivity index (χ2v) is 8.44. The van der Waals surface area contributed by atoms with Crippen LogP contribution in [-0.2, 0) is 24.4 Å². The number of imidazole rings is 1. The fraction of sp³-hybridized carbons (Fsp3) is 0.417. The van der Waals surface area contributed by atoms with E-state index in [2.05, 4.69) is 19.4 Å². The van der Waals surface area contributed by atoms with Crippen LogP contribution in [0.15, 0.2) is 48.8 Å². The maximum Gasteiger partial charge on any atom is 0.213 e. The highest BCUT2D eigenvalue weighted by atomic mass is 35.5. The number of hydrogen-bond acceptors (Lipinski definition) is 5. The Bertz CT molecular complexity index is 1020. The molecule has 1 aliphatic rings. The van der Waals surface area contributed by atoms with E-state index in [1.54, 1.807) is 19.2 Å². The van der Waals surface area contributed by atoms with Crippen LogP contribution in [0, 0.1) is 5.82 Å². The van der Waals surface area contributed by atoms with Gasteiger partial charge in [-0.2, -0.15) is 0 Å². The molecular formula is C24H28ClFN4O2. The van der Waals surface area contributed by atoms with Crippen molar-refractivity contribution < 1.29 is 13.9 Å². The van der Waals surface area contributed by atoms with Crippen LogP contribution in [0.1, 0.15) is 35.8 Å². The van der Waals surface area contributed by atoms with Crippen molar-refractivity contribution in [2.24, 2.45) is 0 Å². The molecular weight excluding hydrogens is 431 g/mol. The Balaban J connectivity index is 1.30. The van der Waals surface area contributed by atoms with E-state index < -0.39 is 0 Å². The summed E-state index contributed by atoms with van der Waals surface area (Å²) in [4.78, 5) is 11.6. The molecule has 0 unspecified atom stereocenters. The number of methoxy groups -OCH3 is 1. The number of nitrogens with zero attached hydrogens (tertiary/aromatic N) is 4. The lowest BCUT2D eigenvalue weighted by molar-refractivity contribution is 0.177. The zero-order valence-electron chi connectivity index (χ0n) is 18.2. The summed E-state index contributed by atoms with van der Waals surface area (Å²) in [5, 5.41) is 0.372. The van der Waals surface area contributed by atoms with Gasteiger partial charge >= 0.3 is 0 Å². The highest BCUT2D eigenvalue weighted by Crippen LogP contribution is 2.28. The summed E-state index contributed by atoms with van der Waals surface area (Å²) in [5.74, 6) is 1.60. The fourth-order valence-electron chi connectivity index (χ4n) is 4.00. The lowest BCUT2D eigenvalue weighted by Gasteiger charge is -2.31. The van der Waals surface area contributed by atoms with Crippen molar-refractivity contribution in [3.8, 4) is 5.88 Å². The zero-order valence-corrected chi connectivity index (χ0v) is 19.0. The lowest BCUT2D eigenvalue weighted by atomic mass is 9.93. The zero-order chi connectivity index (χ0) is 22.3. The molecule has 32 heavy (non-hydrogen) atoms. The summed E-state index contributed by atoms with van der Waals surface area (Å²) in [5.41, 5.74) is 1.49. The molecule has 0 aliphatic carbocycles. The molecule has 1 fully saturated rings. The highest BCUT2D eigenvalue weighted by Gasteiger charge is 2.23. The van der Waals surface area contributed by atoms with Crippen LogP contribution in [0.25, 0.3) is 0 Å². The van der Waals surface area contributed by atoms with Gasteiger partial charge < -0.3 is 14.0 Å². The molecule has 0 amide bonds. The van der Waals surface area contributed by atoms with Gasteiger partial charge in [0.2, 0.25) is 5.88 Å². The molecule has 6 nitrogen and oxygen atoms in total. The molecule has 1 aliphatic heterocycles. The normalized spacial score (nSPS) is 15.2. The number of rotatable bonds is 9. The minimum atomic E-state index is -0.371. The van der Waals surface area contributed by atoms with Gasteiger partial charge in [0, 0.05) is 54.3 Å². The standard InChI is InChI=1S/C24H28ClFN4O2/c1-31-14-13-30-12-9-27-23(30)16-29-10-7-18(8-11-29)22-3-2-4-24(28-22)32-17-19-5-6-20(25)15-21(19)26/h2-6,9,12,15,18H,7-8,10-11,13-14,16-17H2,1H3. The van der Waals surface area contributed by atoms with E-state index in [-0.39, 0.29) is 12.4 Å². The van der Waals surface area contributed by atoms with Gasteiger partial charge in [-0.15, -0.1) is 0 Å². The summed E-state index contributed by atoms with van der Waals surface area (Å²) >= 11 is 5.81. The van der Waals surface area contributed by atoms with Gasteiger partial charge in [-0.1, -0.05) is 23.7 Å². The van der Waals surface area contributed by atoms with E-state index in [0.29, 0.717) is 29.0 Å². The predicted octanol–water partition coefficient (Wildman–Crippen LogP) is 4.68. The third-order valence-electron chi connectivity index (χ3n) is 5.84. The number of benzene rings is 1. The summed E-state index contributed by atoms with van der Waals surface area (Å²) in [7, 11) is 1.71. The second kappa shape index (κ2) is 10.9. The minimum Gasteiger partial charge on any atom is -0.473 e. The van der Waals surface area contributed by atoms with Gasteiger partial charge in [-0.05, 0) is 44.1 Å². The van der Waals surface area contributed by atoms with Gasteiger partial charge in [-0.25, -0.2) is 14.4 Å². The Morgan fingerprint density at radius 1 is 1.19 bits per heavy atom. The number of likely N-dealkylation sites (tertiary alicyclic amines) is 1. The van der Waals surface area contributed by atoms with E-state index in [9.17, 15) is 4.39 Å². The van der Waals surface area contributed by atoms with Crippen molar-refractivity contribution in [2.75, 3.05) is 26.8 Å². The molecule has 0 saturated carbocycles. The van der Waals surface area contributed by atoms with E-state index in [1.165, 1.54) is 6.07 Å². The van der Waals surface area contributed by atoms with Crippen LogP contribution in [0.3, 0.4) is 0 Å². The van der Waals surface area contributed by atoms with Crippen molar-refractivity contribution in [1.29, 1.82) is 0 Å². The van der Waals surface area contributed by atoms with Crippen LogP contribution in [0.4, 0.5) is 4.39 Å². The summed E-state index contributed by atoms with van der Waals surface area (Å²) in [6.45, 7) is 4.44. The summed E-state index contributed by atoms with van der Waals surface area (Å²) in [6.07, 6.45) is 5.91. The molecule has 4 rings (SSSR count). The van der Waals surface area contributed by atoms with E-state index >= 15 is 0 Å². The molecule has 0 atom stereocenters. The van der Waals surface area contributed by atoms with Gasteiger partial charge in [0.15, 0.2) is 0 Å². The highest BCUT2D eigenvalue weighted by molar-refractivity contribution is 6.30. The van der Waals surface area contributed by atoms with Crippen LogP contribution < -0.4 is 4.74 Å². The van der Waals surface area contributed by atoms with Crippen molar-refractivity contribution in [2.45, 2.75) is 38.5 Å². The van der Waals surface area contributed by atoms with E-state index in [4.69, 9.17) is 21.1 Å². The molecule has 3 heterocycles. The van der Waals surface area contributed by atoms with Crippen LogP contribution in [0.2, 0.25) is 5.02 Å². The molecule has 0 N–H and O–H groups in total. The molecule has 3 aromatic rings. The molecule has 170 valence electrons. The third kappa shape index (κ3) is 5.85. The Labute approximate surface area is 193 Å². The number of piperidine rings is 1. The lowest BCUT2D eigenvalue weighted by Crippen LogP contribution is -2.33. The molecule has 8 heteroatoms. The summed E-state index contributed by atoms with van der Waals surface area (Å²) in [6, 6.07) is 10.4. The second-order valence-electron chi connectivity index (χ2n) is 8.01. The van der Waals surface area contributed by atoms with E-state index in [1.807, 2.05) is 30.6 Å². The van der Waals surface area contributed by atoms with Crippen molar-refractivity contribution in [3.63, 3.8) is 0 Å². The smallest absolute Gasteiger partial charge is 0.213 e. The van der Waals surface area contributed by atoms with E-state index in [0.717, 1.165) is 50.5 Å². The van der Waals surface area contributed by atoms with Gasteiger partial charge in [-0.3, -0.25) is 4.90 Å². The first-order valence-electron chi connectivity index (χ1n) is 10.9. The minimum absolute atomic E-state index is 0.119. The largest absolute Gasteiger partial charge is 0.473 e. The number of pyridine rings is 1. The van der Waals surface area contributed by atoms with Crippen molar-refractivity contribution in [3.05, 3.63) is 76.7 Å². The quantitative estimate of drug-likeness (QED) is 0.466. The third-order valence-corrected chi connectivity index (χ3v) is 6.08. The van der Waals surface area contributed by atoms with Crippen molar-refractivity contribution in [1.82, 2.24) is 19.4 Å². The maximum absolute atomic E-state index is 14.0. The predicted molar refractivity (Wildman–Crippen MR) is 121 cm³/mol. The topological polar surface area (TPSA) is 52.4 Å². The maximum atomic E-state index is 14.0. The molecule has 0 bridgehead atoms. The van der Waals surface area contributed by atoms with Crippen molar-refractivity contribution >= 4 is 11.6 Å². The van der Waals surface area contributed by atoms with Gasteiger partial charge in [0.05, 0.1) is 13.2 Å². The first-order chi connectivity index (χ1) is 15.6. The molecule has 0 radical (unpaired) electrons. The van der Waals surface area contributed by atoms with Gasteiger partial charge in [0.1, 0.15) is 18.2 Å². The Morgan fingerprint density at radius 3 is 2.81 bits per heavy atom. The Hall–Kier alpha value is -2.48. The SMILES string of the molecule is COCCn1ccnc1CN1CCC(c2cccc(OCc3ccc(Cl)cc3F)n2)CC1. The summed E-state index contributed by atoms with van der Waals surface area (Å²) < 4.78 is 27.1. The molecule has 0 spiro atoms. The van der Waals surface area contributed by atoms with Crippen LogP contribution >= 0.6 is 11.6 Å². The first-order valence-corrected chi connectivity index (χ1v) is 11.2. The number of halogens is 2. The average Bonchev–Trinajstić information content (AvgIpc) is 3.24. The molecule has 1 aromatic carbocycles.